The first-order valence-corrected chi connectivity index (χ1v) is 15.2. The summed E-state index contributed by atoms with van der Waals surface area (Å²) in [6.07, 6.45) is 3.79. The molecule has 9 rings (SSSR count). The summed E-state index contributed by atoms with van der Waals surface area (Å²) >= 11 is 0. The number of para-hydroxylation sites is 1. The van der Waals surface area contributed by atoms with Crippen LogP contribution in [0.15, 0.2) is 140 Å². The Labute approximate surface area is 281 Å². The van der Waals surface area contributed by atoms with Crippen molar-refractivity contribution in [3.8, 4) is 33.6 Å². The van der Waals surface area contributed by atoms with Gasteiger partial charge in [0.25, 0.3) is 0 Å². The van der Waals surface area contributed by atoms with E-state index in [4.69, 9.17) is 0 Å². The molecular formula is C42H29IrN3-2. The van der Waals surface area contributed by atoms with Crippen LogP contribution < -0.4 is 0 Å². The molecule has 0 N–H and O–H groups in total. The van der Waals surface area contributed by atoms with Crippen LogP contribution in [0.4, 0.5) is 0 Å². The molecule has 0 spiro atoms. The largest absolute Gasteiger partial charge is 0.350 e. The van der Waals surface area contributed by atoms with Crippen LogP contribution in [0.2, 0.25) is 0 Å². The molecule has 0 atom stereocenters. The van der Waals surface area contributed by atoms with Gasteiger partial charge >= 0.3 is 0 Å². The van der Waals surface area contributed by atoms with Crippen molar-refractivity contribution in [3.05, 3.63) is 163 Å². The van der Waals surface area contributed by atoms with Crippen molar-refractivity contribution < 1.29 is 20.1 Å². The Kier molecular flexibility index (Phi) is 7.92. The first-order chi connectivity index (χ1) is 22.1. The number of benzene rings is 5. The Morgan fingerprint density at radius 3 is 1.85 bits per heavy atom. The molecule has 0 aliphatic rings. The van der Waals surface area contributed by atoms with Gasteiger partial charge in [-0.3, -0.25) is 0 Å². The molecule has 9 aromatic rings. The standard InChI is InChI=1S/C30H19N2.C12H10N.Ir/c1-19-11-13-27(31-18-19)21-12-14-29-24(15-21)26-17-22(20-7-3-2-4-8-20)16-25-23-9-5-6-10-28(23)32(29)30(25)26;1-10-7-8-12(13-9-10)11-5-3-2-4-6-11;/h2-11,13-18H,1H3;2-5,7-9H,1H3;/q2*-1;. The van der Waals surface area contributed by atoms with Crippen molar-refractivity contribution in [2.75, 3.05) is 0 Å². The van der Waals surface area contributed by atoms with E-state index in [-0.39, 0.29) is 20.1 Å². The molecule has 0 aliphatic heterocycles. The summed E-state index contributed by atoms with van der Waals surface area (Å²) in [5.41, 5.74) is 12.5. The Morgan fingerprint density at radius 1 is 0.522 bits per heavy atom. The van der Waals surface area contributed by atoms with E-state index in [1.165, 1.54) is 54.8 Å². The van der Waals surface area contributed by atoms with Gasteiger partial charge in [0.2, 0.25) is 0 Å². The molecular weight excluding hydrogens is 739 g/mol. The summed E-state index contributed by atoms with van der Waals surface area (Å²) in [6, 6.07) is 51.1. The fourth-order valence-corrected chi connectivity index (χ4v) is 6.19. The van der Waals surface area contributed by atoms with E-state index < -0.39 is 0 Å². The predicted molar refractivity (Wildman–Crippen MR) is 187 cm³/mol. The number of aryl methyl sites for hydroxylation is 2. The van der Waals surface area contributed by atoms with Gasteiger partial charge in [-0.25, -0.2) is 0 Å². The zero-order valence-electron chi connectivity index (χ0n) is 25.5. The number of aromatic nitrogens is 3. The second kappa shape index (κ2) is 12.3. The van der Waals surface area contributed by atoms with Crippen LogP contribution in [0, 0.1) is 26.0 Å². The Balaban J connectivity index is 0.000000204. The normalized spacial score (nSPS) is 11.1. The molecule has 223 valence electrons. The van der Waals surface area contributed by atoms with Gasteiger partial charge in [-0.05, 0) is 76.6 Å². The maximum Gasteiger partial charge on any atom is 0.0517 e. The van der Waals surface area contributed by atoms with Crippen molar-refractivity contribution in [3.63, 3.8) is 0 Å². The molecule has 0 saturated carbocycles. The smallest absolute Gasteiger partial charge is 0.0517 e. The average molecular weight is 768 g/mol. The molecule has 4 aromatic heterocycles. The Bertz CT molecular complexity index is 2410. The molecule has 0 aliphatic carbocycles. The molecule has 3 nitrogen and oxygen atoms in total. The third-order valence-corrected chi connectivity index (χ3v) is 8.42. The molecule has 0 bridgehead atoms. The zero-order chi connectivity index (χ0) is 30.3. The molecule has 5 aromatic carbocycles. The van der Waals surface area contributed by atoms with Gasteiger partial charge in [0.1, 0.15) is 0 Å². The maximum atomic E-state index is 4.64. The van der Waals surface area contributed by atoms with Crippen molar-refractivity contribution in [1.82, 2.24) is 14.4 Å². The molecule has 0 fully saturated rings. The minimum Gasteiger partial charge on any atom is -0.350 e. The van der Waals surface area contributed by atoms with Crippen molar-refractivity contribution in [1.29, 1.82) is 0 Å². The minimum atomic E-state index is 0. The summed E-state index contributed by atoms with van der Waals surface area (Å²) in [5.74, 6) is 0. The van der Waals surface area contributed by atoms with Crippen molar-refractivity contribution in [2.45, 2.75) is 13.8 Å². The summed E-state index contributed by atoms with van der Waals surface area (Å²) in [7, 11) is 0. The van der Waals surface area contributed by atoms with E-state index in [1.807, 2.05) is 49.6 Å². The maximum absolute atomic E-state index is 4.64. The van der Waals surface area contributed by atoms with Crippen molar-refractivity contribution >= 4 is 38.1 Å². The quantitative estimate of drug-likeness (QED) is 0.168. The van der Waals surface area contributed by atoms with Crippen LogP contribution in [0.1, 0.15) is 11.1 Å². The van der Waals surface area contributed by atoms with Crippen LogP contribution >= 0.6 is 0 Å². The fraction of sp³-hybridized carbons (Fsp3) is 0.0476. The second-order valence-electron chi connectivity index (χ2n) is 11.5. The van der Waals surface area contributed by atoms with E-state index in [1.54, 1.807) is 0 Å². The number of hydrogen-bond donors (Lipinski definition) is 0. The molecule has 4 heterocycles. The number of hydrogen-bond acceptors (Lipinski definition) is 2. The van der Waals surface area contributed by atoms with E-state index in [9.17, 15) is 0 Å². The van der Waals surface area contributed by atoms with Crippen LogP contribution in [0.25, 0.3) is 71.7 Å². The van der Waals surface area contributed by atoms with Gasteiger partial charge in [-0.15, -0.1) is 59.7 Å². The Morgan fingerprint density at radius 2 is 1.17 bits per heavy atom. The predicted octanol–water partition coefficient (Wildman–Crippen LogP) is 10.5. The number of nitrogens with zero attached hydrogens (tertiary/aromatic N) is 3. The van der Waals surface area contributed by atoms with Gasteiger partial charge < -0.3 is 14.4 Å². The molecule has 46 heavy (non-hydrogen) atoms. The van der Waals surface area contributed by atoms with Gasteiger partial charge in [0.15, 0.2) is 0 Å². The summed E-state index contributed by atoms with van der Waals surface area (Å²) in [4.78, 5) is 8.95. The van der Waals surface area contributed by atoms with Crippen LogP contribution in [-0.2, 0) is 20.1 Å². The number of pyridine rings is 2. The summed E-state index contributed by atoms with van der Waals surface area (Å²) in [5, 5.41) is 5.10. The van der Waals surface area contributed by atoms with Crippen LogP contribution in [0.3, 0.4) is 0 Å². The first kappa shape index (κ1) is 29.6. The second-order valence-corrected chi connectivity index (χ2v) is 11.5. The number of fused-ring (bicyclic) bond motifs is 6. The van der Waals surface area contributed by atoms with Gasteiger partial charge in [-0.2, -0.15) is 0 Å². The monoisotopic (exact) mass is 768 g/mol. The van der Waals surface area contributed by atoms with Gasteiger partial charge in [0, 0.05) is 48.8 Å². The zero-order valence-corrected chi connectivity index (χ0v) is 27.8. The molecule has 4 heteroatoms. The molecule has 0 amide bonds. The van der Waals surface area contributed by atoms with Crippen LogP contribution in [-0.4, -0.2) is 14.4 Å². The van der Waals surface area contributed by atoms with Crippen LogP contribution in [0.5, 0.6) is 0 Å². The molecule has 1 radical (unpaired) electrons. The molecule has 0 saturated heterocycles. The first-order valence-electron chi connectivity index (χ1n) is 15.2. The number of rotatable bonds is 3. The summed E-state index contributed by atoms with van der Waals surface area (Å²) in [6.45, 7) is 4.10. The van der Waals surface area contributed by atoms with E-state index in [0.717, 1.165) is 28.1 Å². The fourth-order valence-electron chi connectivity index (χ4n) is 6.19. The Hall–Kier alpha value is -5.15. The van der Waals surface area contributed by atoms with E-state index in [2.05, 4.69) is 130 Å². The van der Waals surface area contributed by atoms with Gasteiger partial charge in [0.05, 0.1) is 5.52 Å². The topological polar surface area (TPSA) is 30.2 Å². The SMILES string of the molecule is Cc1ccc(-c2[c-]cc3c(c2)c2cc(-c4ccccc4)cc4c5ccccc5n3c24)nc1.Cc1ccc(-c2[c-]cccc2)nc1.[Ir]. The minimum absolute atomic E-state index is 0. The summed E-state index contributed by atoms with van der Waals surface area (Å²) < 4.78 is 2.40. The van der Waals surface area contributed by atoms with E-state index in [0.29, 0.717) is 0 Å². The van der Waals surface area contributed by atoms with E-state index >= 15 is 0 Å². The van der Waals surface area contributed by atoms with Crippen molar-refractivity contribution in [2.24, 2.45) is 0 Å². The average Bonchev–Trinajstić information content (AvgIpc) is 3.61. The third kappa shape index (κ3) is 5.26. The van der Waals surface area contributed by atoms with Gasteiger partial charge in [-0.1, -0.05) is 78.2 Å². The molecule has 0 unspecified atom stereocenters. The third-order valence-electron chi connectivity index (χ3n) is 8.42.